The lowest BCUT2D eigenvalue weighted by atomic mass is 10.1. The van der Waals surface area contributed by atoms with E-state index in [1.54, 1.807) is 20.2 Å². The highest BCUT2D eigenvalue weighted by Gasteiger charge is 2.15. The van der Waals surface area contributed by atoms with E-state index in [1.807, 2.05) is 39.0 Å². The molecule has 0 saturated heterocycles. The standard InChI is InChI=1S/C19H31N5O3/c1-19(2,3)27-18(26)24-12-11-23-17(21-5)22-10-9-14-7-6-8-15(13-14)16(25)20-4/h6-8,13H,9-12H2,1-5H3,(H,20,25)(H,24,26)(H2,21,22,23). The molecule has 150 valence electrons. The van der Waals surface area contributed by atoms with Gasteiger partial charge in [-0.1, -0.05) is 12.1 Å². The molecule has 0 aromatic heterocycles. The van der Waals surface area contributed by atoms with Crippen LogP contribution in [0.25, 0.3) is 0 Å². The maximum Gasteiger partial charge on any atom is 0.407 e. The lowest BCUT2D eigenvalue weighted by molar-refractivity contribution is 0.0528. The number of ether oxygens (including phenoxy) is 1. The van der Waals surface area contributed by atoms with Crippen molar-refractivity contribution in [2.45, 2.75) is 32.8 Å². The molecule has 4 N–H and O–H groups in total. The Bertz CT molecular complexity index is 653. The van der Waals surface area contributed by atoms with Crippen LogP contribution in [-0.2, 0) is 11.2 Å². The zero-order valence-corrected chi connectivity index (χ0v) is 16.8. The highest BCUT2D eigenvalue weighted by Crippen LogP contribution is 2.06. The molecule has 0 aliphatic rings. The highest BCUT2D eigenvalue weighted by atomic mass is 16.6. The molecule has 2 amide bonds. The summed E-state index contributed by atoms with van der Waals surface area (Å²) in [6.07, 6.45) is 0.310. The van der Waals surface area contributed by atoms with Crippen LogP contribution in [0.4, 0.5) is 4.79 Å². The SMILES string of the molecule is CN=C(NCCNC(=O)OC(C)(C)C)NCCc1cccc(C(=O)NC)c1. The van der Waals surface area contributed by atoms with Crippen molar-refractivity contribution >= 4 is 18.0 Å². The Kier molecular flexibility index (Phi) is 9.12. The summed E-state index contributed by atoms with van der Waals surface area (Å²) in [4.78, 5) is 27.4. The molecule has 0 heterocycles. The van der Waals surface area contributed by atoms with Crippen LogP contribution >= 0.6 is 0 Å². The van der Waals surface area contributed by atoms with Crippen LogP contribution < -0.4 is 21.3 Å². The Morgan fingerprint density at radius 3 is 2.37 bits per heavy atom. The minimum Gasteiger partial charge on any atom is -0.444 e. The third-order valence-electron chi connectivity index (χ3n) is 3.43. The first-order chi connectivity index (χ1) is 12.7. The number of rotatable bonds is 7. The molecule has 0 radical (unpaired) electrons. The zero-order valence-electron chi connectivity index (χ0n) is 16.8. The molecule has 0 aliphatic heterocycles. The Morgan fingerprint density at radius 1 is 1.07 bits per heavy atom. The van der Waals surface area contributed by atoms with Gasteiger partial charge >= 0.3 is 6.09 Å². The minimum absolute atomic E-state index is 0.0974. The molecule has 1 aromatic carbocycles. The zero-order chi connectivity index (χ0) is 20.3. The van der Waals surface area contributed by atoms with E-state index in [0.29, 0.717) is 31.2 Å². The van der Waals surface area contributed by atoms with Crippen LogP contribution in [0.15, 0.2) is 29.3 Å². The highest BCUT2D eigenvalue weighted by molar-refractivity contribution is 5.94. The molecular weight excluding hydrogens is 346 g/mol. The first kappa shape index (κ1) is 22.3. The van der Waals surface area contributed by atoms with Gasteiger partial charge in [-0.3, -0.25) is 9.79 Å². The molecule has 8 heteroatoms. The molecule has 1 rings (SSSR count). The number of hydrogen-bond acceptors (Lipinski definition) is 4. The maximum atomic E-state index is 11.7. The fourth-order valence-electron chi connectivity index (χ4n) is 2.22. The quantitative estimate of drug-likeness (QED) is 0.326. The van der Waals surface area contributed by atoms with E-state index >= 15 is 0 Å². The Morgan fingerprint density at radius 2 is 1.74 bits per heavy atom. The average molecular weight is 377 g/mol. The molecule has 1 aromatic rings. The molecule has 0 atom stereocenters. The topological polar surface area (TPSA) is 104 Å². The van der Waals surface area contributed by atoms with E-state index in [1.165, 1.54) is 0 Å². The van der Waals surface area contributed by atoms with Crippen molar-refractivity contribution in [1.82, 2.24) is 21.3 Å². The Labute approximate surface area is 161 Å². The van der Waals surface area contributed by atoms with Gasteiger partial charge in [0.2, 0.25) is 0 Å². The van der Waals surface area contributed by atoms with Crippen molar-refractivity contribution in [3.8, 4) is 0 Å². The monoisotopic (exact) mass is 377 g/mol. The summed E-state index contributed by atoms with van der Waals surface area (Å²) < 4.78 is 5.17. The van der Waals surface area contributed by atoms with E-state index in [-0.39, 0.29) is 5.91 Å². The van der Waals surface area contributed by atoms with Gasteiger partial charge in [-0.25, -0.2) is 4.79 Å². The van der Waals surface area contributed by atoms with Crippen LogP contribution in [0.2, 0.25) is 0 Å². The lowest BCUT2D eigenvalue weighted by Gasteiger charge is -2.20. The first-order valence-corrected chi connectivity index (χ1v) is 8.97. The normalized spacial score (nSPS) is 11.5. The fraction of sp³-hybridized carbons (Fsp3) is 0.526. The smallest absolute Gasteiger partial charge is 0.407 e. The van der Waals surface area contributed by atoms with E-state index in [4.69, 9.17) is 4.74 Å². The summed E-state index contributed by atoms with van der Waals surface area (Å²) >= 11 is 0. The number of alkyl carbamates (subject to hydrolysis) is 1. The number of hydrogen-bond donors (Lipinski definition) is 4. The van der Waals surface area contributed by atoms with Crippen molar-refractivity contribution in [1.29, 1.82) is 0 Å². The second kappa shape index (κ2) is 11.1. The number of benzene rings is 1. The van der Waals surface area contributed by atoms with Gasteiger partial charge in [-0.15, -0.1) is 0 Å². The number of carbonyl (C=O) groups excluding carboxylic acids is 2. The maximum absolute atomic E-state index is 11.7. The van der Waals surface area contributed by atoms with E-state index in [0.717, 1.165) is 12.0 Å². The second-order valence-electron chi connectivity index (χ2n) is 6.88. The van der Waals surface area contributed by atoms with Crippen LogP contribution in [0, 0.1) is 0 Å². The number of nitrogens with one attached hydrogen (secondary N) is 4. The third kappa shape index (κ3) is 9.48. The van der Waals surface area contributed by atoms with Crippen LogP contribution in [0.1, 0.15) is 36.7 Å². The molecular formula is C19H31N5O3. The summed E-state index contributed by atoms with van der Waals surface area (Å²) in [5.74, 6) is 0.545. The fourth-order valence-corrected chi connectivity index (χ4v) is 2.22. The second-order valence-corrected chi connectivity index (χ2v) is 6.88. The molecule has 0 spiro atoms. The van der Waals surface area contributed by atoms with Gasteiger partial charge in [0.05, 0.1) is 0 Å². The molecule has 0 aliphatic carbocycles. The van der Waals surface area contributed by atoms with Gasteiger partial charge in [0, 0.05) is 39.3 Å². The summed E-state index contributed by atoms with van der Waals surface area (Å²) in [5.41, 5.74) is 1.20. The predicted octanol–water partition coefficient (Wildman–Crippen LogP) is 1.28. The summed E-state index contributed by atoms with van der Waals surface area (Å²) in [6.45, 7) is 7.06. The van der Waals surface area contributed by atoms with Gasteiger partial charge in [-0.05, 0) is 44.9 Å². The average Bonchev–Trinajstić information content (AvgIpc) is 2.61. The van der Waals surface area contributed by atoms with Crippen molar-refractivity contribution in [3.63, 3.8) is 0 Å². The van der Waals surface area contributed by atoms with E-state index in [9.17, 15) is 9.59 Å². The molecule has 0 unspecified atom stereocenters. The van der Waals surface area contributed by atoms with E-state index in [2.05, 4.69) is 26.3 Å². The molecule has 8 nitrogen and oxygen atoms in total. The van der Waals surface area contributed by atoms with Gasteiger partial charge in [-0.2, -0.15) is 0 Å². The van der Waals surface area contributed by atoms with Crippen LogP contribution in [0.5, 0.6) is 0 Å². The molecule has 0 fully saturated rings. The van der Waals surface area contributed by atoms with Gasteiger partial charge in [0.1, 0.15) is 5.60 Å². The van der Waals surface area contributed by atoms with E-state index < -0.39 is 11.7 Å². The summed E-state index contributed by atoms with van der Waals surface area (Å²) in [5, 5.41) is 11.6. The summed E-state index contributed by atoms with van der Waals surface area (Å²) in [7, 11) is 3.30. The Balaban J connectivity index is 2.31. The molecule has 0 saturated carbocycles. The van der Waals surface area contributed by atoms with Gasteiger partial charge < -0.3 is 26.0 Å². The predicted molar refractivity (Wildman–Crippen MR) is 107 cm³/mol. The van der Waals surface area contributed by atoms with Crippen molar-refractivity contribution in [3.05, 3.63) is 35.4 Å². The first-order valence-electron chi connectivity index (χ1n) is 8.97. The van der Waals surface area contributed by atoms with Crippen LogP contribution in [0.3, 0.4) is 0 Å². The lowest BCUT2D eigenvalue weighted by Crippen LogP contribution is -2.43. The number of amides is 2. The number of guanidine groups is 1. The molecule has 0 bridgehead atoms. The minimum atomic E-state index is -0.510. The number of carbonyl (C=O) groups is 2. The largest absolute Gasteiger partial charge is 0.444 e. The number of nitrogens with zero attached hydrogens (tertiary/aromatic N) is 1. The number of aliphatic imine (C=N–C) groups is 1. The third-order valence-corrected chi connectivity index (χ3v) is 3.43. The van der Waals surface area contributed by atoms with Gasteiger partial charge in [0.25, 0.3) is 5.91 Å². The van der Waals surface area contributed by atoms with Crippen molar-refractivity contribution in [2.75, 3.05) is 33.7 Å². The molecule has 27 heavy (non-hydrogen) atoms. The van der Waals surface area contributed by atoms with Gasteiger partial charge in [0.15, 0.2) is 5.96 Å². The van der Waals surface area contributed by atoms with Crippen LogP contribution in [-0.4, -0.2) is 57.3 Å². The van der Waals surface area contributed by atoms with Crippen molar-refractivity contribution in [2.24, 2.45) is 4.99 Å². The summed E-state index contributed by atoms with van der Waals surface area (Å²) in [6, 6.07) is 7.51. The van der Waals surface area contributed by atoms with Crippen molar-refractivity contribution < 1.29 is 14.3 Å². The Hall–Kier alpha value is -2.77.